The van der Waals surface area contributed by atoms with Crippen LogP contribution in [0.25, 0.3) is 0 Å². The molecule has 1 unspecified atom stereocenters. The first-order valence-electron chi connectivity index (χ1n) is 7.47. The second kappa shape index (κ2) is 8.10. The zero-order valence-corrected chi connectivity index (χ0v) is 12.1. The Bertz CT molecular complexity index is 215. The van der Waals surface area contributed by atoms with E-state index in [2.05, 4.69) is 24.1 Å². The summed E-state index contributed by atoms with van der Waals surface area (Å²) in [5.74, 6) is 0. The zero-order valence-electron chi connectivity index (χ0n) is 12.1. The molecular weight excluding hydrogens is 226 g/mol. The topological polar surface area (TPSA) is 61.5 Å². The number of rotatable bonds is 8. The smallest absolute Gasteiger partial charge is 0.0431 e. The minimum absolute atomic E-state index is 0.124. The summed E-state index contributed by atoms with van der Waals surface area (Å²) >= 11 is 0. The standard InChI is InChI=1S/C14H31N3O/c1-3-8-17-9-6-14(12-15,7-10-17)16-13(2)5-4-11-18/h13,16,18H,3-12,15H2,1-2H3. The third kappa shape index (κ3) is 4.84. The SMILES string of the molecule is CCCN1CCC(CN)(NC(C)CCCO)CC1. The van der Waals surface area contributed by atoms with E-state index in [-0.39, 0.29) is 12.1 Å². The first kappa shape index (κ1) is 15.9. The summed E-state index contributed by atoms with van der Waals surface area (Å²) < 4.78 is 0. The molecule has 4 nitrogen and oxygen atoms in total. The number of piperidine rings is 1. The van der Waals surface area contributed by atoms with Crippen LogP contribution < -0.4 is 11.1 Å². The average Bonchev–Trinajstić information content (AvgIpc) is 2.39. The van der Waals surface area contributed by atoms with Gasteiger partial charge in [0.15, 0.2) is 0 Å². The van der Waals surface area contributed by atoms with Gasteiger partial charge in [-0.1, -0.05) is 6.92 Å². The molecule has 4 heteroatoms. The molecule has 1 aliphatic rings. The molecule has 4 N–H and O–H groups in total. The number of nitrogens with zero attached hydrogens (tertiary/aromatic N) is 1. The highest BCUT2D eigenvalue weighted by Crippen LogP contribution is 2.22. The third-order valence-electron chi connectivity index (χ3n) is 4.09. The molecule has 0 bridgehead atoms. The molecule has 1 heterocycles. The van der Waals surface area contributed by atoms with Gasteiger partial charge >= 0.3 is 0 Å². The lowest BCUT2D eigenvalue weighted by atomic mass is 9.86. The van der Waals surface area contributed by atoms with Gasteiger partial charge in [0.2, 0.25) is 0 Å². The van der Waals surface area contributed by atoms with Crippen molar-refractivity contribution in [3.05, 3.63) is 0 Å². The number of hydrogen-bond acceptors (Lipinski definition) is 4. The summed E-state index contributed by atoms with van der Waals surface area (Å²) in [6.07, 6.45) is 5.42. The van der Waals surface area contributed by atoms with Crippen molar-refractivity contribution in [2.24, 2.45) is 5.73 Å². The normalized spacial score (nSPS) is 22.0. The van der Waals surface area contributed by atoms with Crippen LogP contribution in [-0.4, -0.2) is 54.4 Å². The molecule has 0 amide bonds. The van der Waals surface area contributed by atoms with E-state index in [9.17, 15) is 0 Å². The Morgan fingerprint density at radius 1 is 1.39 bits per heavy atom. The van der Waals surface area contributed by atoms with Crippen molar-refractivity contribution in [1.29, 1.82) is 0 Å². The van der Waals surface area contributed by atoms with Crippen molar-refractivity contribution in [2.45, 2.75) is 57.5 Å². The number of aliphatic hydroxyl groups is 1. The number of hydrogen-bond donors (Lipinski definition) is 3. The quantitative estimate of drug-likeness (QED) is 0.606. The maximum atomic E-state index is 8.88. The molecule has 1 aliphatic heterocycles. The van der Waals surface area contributed by atoms with Crippen LogP contribution in [0.1, 0.15) is 46.0 Å². The number of nitrogens with one attached hydrogen (secondary N) is 1. The Morgan fingerprint density at radius 3 is 2.56 bits per heavy atom. The van der Waals surface area contributed by atoms with Crippen LogP contribution in [0.3, 0.4) is 0 Å². The molecule has 0 aromatic carbocycles. The van der Waals surface area contributed by atoms with E-state index in [0.717, 1.165) is 45.3 Å². The van der Waals surface area contributed by atoms with Crippen LogP contribution in [0.15, 0.2) is 0 Å². The van der Waals surface area contributed by atoms with E-state index in [1.165, 1.54) is 13.0 Å². The summed E-state index contributed by atoms with van der Waals surface area (Å²) in [6.45, 7) is 8.96. The highest BCUT2D eigenvalue weighted by molar-refractivity contribution is 4.95. The van der Waals surface area contributed by atoms with Crippen molar-refractivity contribution in [2.75, 3.05) is 32.8 Å². The van der Waals surface area contributed by atoms with Gasteiger partial charge in [0.05, 0.1) is 0 Å². The highest BCUT2D eigenvalue weighted by Gasteiger charge is 2.33. The number of nitrogens with two attached hydrogens (primary N) is 1. The second-order valence-corrected chi connectivity index (χ2v) is 5.74. The Balaban J connectivity index is 2.40. The zero-order chi connectivity index (χ0) is 13.4. The van der Waals surface area contributed by atoms with Gasteiger partial charge in [-0.05, 0) is 58.7 Å². The van der Waals surface area contributed by atoms with Gasteiger partial charge in [-0.15, -0.1) is 0 Å². The molecule has 1 atom stereocenters. The Labute approximate surface area is 112 Å². The average molecular weight is 257 g/mol. The van der Waals surface area contributed by atoms with Gasteiger partial charge in [0.1, 0.15) is 0 Å². The molecular formula is C14H31N3O. The van der Waals surface area contributed by atoms with Crippen molar-refractivity contribution in [3.8, 4) is 0 Å². The highest BCUT2D eigenvalue weighted by atomic mass is 16.2. The summed E-state index contributed by atoms with van der Waals surface area (Å²) in [5, 5.41) is 12.6. The fourth-order valence-electron chi connectivity index (χ4n) is 2.92. The summed E-state index contributed by atoms with van der Waals surface area (Å²) in [5.41, 5.74) is 6.13. The first-order chi connectivity index (χ1) is 8.65. The second-order valence-electron chi connectivity index (χ2n) is 5.74. The largest absolute Gasteiger partial charge is 0.396 e. The minimum atomic E-state index is 0.124. The maximum Gasteiger partial charge on any atom is 0.0431 e. The van der Waals surface area contributed by atoms with Gasteiger partial charge in [-0.25, -0.2) is 0 Å². The molecule has 0 aromatic heterocycles. The predicted octanol–water partition coefficient (Wildman–Crippen LogP) is 0.940. The van der Waals surface area contributed by atoms with Gasteiger partial charge in [0, 0.05) is 24.7 Å². The fraction of sp³-hybridized carbons (Fsp3) is 1.00. The van der Waals surface area contributed by atoms with Crippen LogP contribution in [-0.2, 0) is 0 Å². The minimum Gasteiger partial charge on any atom is -0.396 e. The molecule has 0 spiro atoms. The lowest BCUT2D eigenvalue weighted by Crippen LogP contribution is -2.59. The van der Waals surface area contributed by atoms with Gasteiger partial charge in [-0.3, -0.25) is 0 Å². The van der Waals surface area contributed by atoms with Crippen LogP contribution >= 0.6 is 0 Å². The molecule has 0 saturated carbocycles. The summed E-state index contributed by atoms with van der Waals surface area (Å²) in [7, 11) is 0. The Kier molecular flexibility index (Phi) is 7.15. The van der Waals surface area contributed by atoms with E-state index in [4.69, 9.17) is 10.8 Å². The number of aliphatic hydroxyl groups excluding tert-OH is 1. The Hall–Kier alpha value is -0.160. The number of likely N-dealkylation sites (tertiary alicyclic amines) is 1. The van der Waals surface area contributed by atoms with E-state index >= 15 is 0 Å². The van der Waals surface area contributed by atoms with Crippen LogP contribution in [0.5, 0.6) is 0 Å². The van der Waals surface area contributed by atoms with Crippen LogP contribution in [0.4, 0.5) is 0 Å². The fourth-order valence-corrected chi connectivity index (χ4v) is 2.92. The van der Waals surface area contributed by atoms with Crippen molar-refractivity contribution in [3.63, 3.8) is 0 Å². The predicted molar refractivity (Wildman–Crippen MR) is 76.7 cm³/mol. The van der Waals surface area contributed by atoms with Gasteiger partial charge in [0.25, 0.3) is 0 Å². The van der Waals surface area contributed by atoms with E-state index in [0.29, 0.717) is 6.04 Å². The molecule has 108 valence electrons. The molecule has 1 fully saturated rings. The molecule has 1 saturated heterocycles. The van der Waals surface area contributed by atoms with Crippen LogP contribution in [0, 0.1) is 0 Å². The van der Waals surface area contributed by atoms with E-state index < -0.39 is 0 Å². The van der Waals surface area contributed by atoms with E-state index in [1.54, 1.807) is 0 Å². The van der Waals surface area contributed by atoms with Gasteiger partial charge in [-0.2, -0.15) is 0 Å². The maximum absolute atomic E-state index is 8.88. The summed E-state index contributed by atoms with van der Waals surface area (Å²) in [6, 6.07) is 0.443. The molecule has 0 aliphatic carbocycles. The molecule has 1 rings (SSSR count). The third-order valence-corrected chi connectivity index (χ3v) is 4.09. The molecule has 18 heavy (non-hydrogen) atoms. The lowest BCUT2D eigenvalue weighted by molar-refractivity contribution is 0.128. The van der Waals surface area contributed by atoms with E-state index in [1.807, 2.05) is 0 Å². The van der Waals surface area contributed by atoms with Crippen molar-refractivity contribution < 1.29 is 5.11 Å². The first-order valence-corrected chi connectivity index (χ1v) is 7.47. The monoisotopic (exact) mass is 257 g/mol. The van der Waals surface area contributed by atoms with Crippen LogP contribution in [0.2, 0.25) is 0 Å². The van der Waals surface area contributed by atoms with Crippen molar-refractivity contribution >= 4 is 0 Å². The molecule has 0 aromatic rings. The van der Waals surface area contributed by atoms with Gasteiger partial charge < -0.3 is 21.1 Å². The Morgan fingerprint density at radius 2 is 2.06 bits per heavy atom. The summed E-state index contributed by atoms with van der Waals surface area (Å²) in [4.78, 5) is 2.54. The van der Waals surface area contributed by atoms with Crippen molar-refractivity contribution in [1.82, 2.24) is 10.2 Å². The lowest BCUT2D eigenvalue weighted by Gasteiger charge is -2.43. The molecule has 0 radical (unpaired) electrons.